The fraction of sp³-hybridized carbons (Fsp3) is 0.938. The first-order chi connectivity index (χ1) is 9.29. The monoisotopic (exact) mass is 282 g/mol. The lowest BCUT2D eigenvalue weighted by Crippen LogP contribution is -2.49. The van der Waals surface area contributed by atoms with Crippen LogP contribution in [0.4, 0.5) is 4.79 Å². The average molecular weight is 282 g/mol. The highest BCUT2D eigenvalue weighted by Gasteiger charge is 2.43. The molecule has 1 amide bonds. The molecule has 0 radical (unpaired) electrons. The van der Waals surface area contributed by atoms with Crippen LogP contribution in [0.5, 0.6) is 0 Å². The third kappa shape index (κ3) is 4.65. The molecule has 0 aliphatic heterocycles. The number of ether oxygens (including phenoxy) is 1. The van der Waals surface area contributed by atoms with Gasteiger partial charge in [-0.15, -0.1) is 0 Å². The van der Waals surface area contributed by atoms with Crippen LogP contribution in [-0.4, -0.2) is 34.7 Å². The Morgan fingerprint density at radius 3 is 2.20 bits per heavy atom. The highest BCUT2D eigenvalue weighted by Crippen LogP contribution is 2.35. The van der Waals surface area contributed by atoms with Crippen LogP contribution in [0.1, 0.15) is 72.1 Å². The number of carbonyl (C=O) groups is 1. The molecule has 2 N–H and O–H groups in total. The molecule has 0 aromatic rings. The molecule has 0 spiro atoms. The average Bonchev–Trinajstić information content (AvgIpc) is 3.08. The summed E-state index contributed by atoms with van der Waals surface area (Å²) in [6, 6.07) is 0.313. The molecule has 116 valence electrons. The Morgan fingerprint density at radius 2 is 1.75 bits per heavy atom. The van der Waals surface area contributed by atoms with Crippen molar-refractivity contribution in [2.75, 3.05) is 6.54 Å². The molecule has 2 fully saturated rings. The van der Waals surface area contributed by atoms with Gasteiger partial charge in [-0.1, -0.05) is 25.7 Å². The molecule has 0 bridgehead atoms. The molecule has 2 saturated carbocycles. The molecule has 0 unspecified atom stereocenters. The molecule has 2 aliphatic carbocycles. The van der Waals surface area contributed by atoms with Gasteiger partial charge in [-0.2, -0.15) is 0 Å². The lowest BCUT2D eigenvalue weighted by Gasteiger charge is -2.35. The minimum absolute atomic E-state index is 0.150. The van der Waals surface area contributed by atoms with Crippen molar-refractivity contribution in [2.24, 2.45) is 5.73 Å². The second kappa shape index (κ2) is 5.92. The zero-order valence-corrected chi connectivity index (χ0v) is 13.3. The van der Waals surface area contributed by atoms with Gasteiger partial charge >= 0.3 is 6.09 Å². The lowest BCUT2D eigenvalue weighted by atomic mass is 10.1. The zero-order valence-electron chi connectivity index (χ0n) is 13.3. The van der Waals surface area contributed by atoms with E-state index in [1.165, 1.54) is 25.7 Å². The molecule has 2 aliphatic rings. The van der Waals surface area contributed by atoms with Crippen molar-refractivity contribution in [3.05, 3.63) is 0 Å². The molecule has 0 aromatic heterocycles. The van der Waals surface area contributed by atoms with E-state index in [0.29, 0.717) is 12.6 Å². The van der Waals surface area contributed by atoms with Gasteiger partial charge in [0.05, 0.1) is 0 Å². The molecule has 4 heteroatoms. The maximum absolute atomic E-state index is 12.5. The predicted molar refractivity (Wildman–Crippen MR) is 80.6 cm³/mol. The molecule has 0 saturated heterocycles. The Kier molecular flexibility index (Phi) is 4.62. The molecule has 0 atom stereocenters. The standard InChI is InChI=1S/C16H30N2O2/c1-15(2,3)20-14(19)18(12-16(17)10-11-16)13-8-6-4-5-7-9-13/h13H,4-12,17H2,1-3H3. The van der Waals surface area contributed by atoms with Crippen LogP contribution in [0.25, 0.3) is 0 Å². The van der Waals surface area contributed by atoms with Crippen molar-refractivity contribution in [2.45, 2.75) is 89.3 Å². The van der Waals surface area contributed by atoms with Crippen molar-refractivity contribution in [3.8, 4) is 0 Å². The molecule has 2 rings (SSSR count). The summed E-state index contributed by atoms with van der Waals surface area (Å²) in [6.07, 6.45) is 9.05. The van der Waals surface area contributed by atoms with Gasteiger partial charge in [-0.3, -0.25) is 0 Å². The van der Waals surface area contributed by atoms with E-state index in [1.54, 1.807) is 0 Å². The fourth-order valence-electron chi connectivity index (χ4n) is 2.89. The van der Waals surface area contributed by atoms with Crippen molar-refractivity contribution in [3.63, 3.8) is 0 Å². The number of rotatable bonds is 3. The van der Waals surface area contributed by atoms with Crippen LogP contribution in [-0.2, 0) is 4.74 Å². The number of nitrogens with two attached hydrogens (primary N) is 1. The van der Waals surface area contributed by atoms with Gasteiger partial charge in [0.1, 0.15) is 5.60 Å². The van der Waals surface area contributed by atoms with Crippen molar-refractivity contribution < 1.29 is 9.53 Å². The summed E-state index contributed by atoms with van der Waals surface area (Å²) >= 11 is 0. The predicted octanol–water partition coefficient (Wildman–Crippen LogP) is 3.44. The summed E-state index contributed by atoms with van der Waals surface area (Å²) < 4.78 is 5.60. The van der Waals surface area contributed by atoms with E-state index in [0.717, 1.165) is 25.7 Å². The fourth-order valence-corrected chi connectivity index (χ4v) is 2.89. The minimum atomic E-state index is -0.439. The number of amides is 1. The van der Waals surface area contributed by atoms with E-state index in [9.17, 15) is 4.79 Å². The van der Waals surface area contributed by atoms with Crippen LogP contribution in [0, 0.1) is 0 Å². The summed E-state index contributed by atoms with van der Waals surface area (Å²) in [5.41, 5.74) is 5.66. The quantitative estimate of drug-likeness (QED) is 0.807. The molecule has 20 heavy (non-hydrogen) atoms. The summed E-state index contributed by atoms with van der Waals surface area (Å²) in [5, 5.41) is 0. The number of nitrogens with zero attached hydrogens (tertiary/aromatic N) is 1. The maximum Gasteiger partial charge on any atom is 0.410 e. The van der Waals surface area contributed by atoms with Gasteiger partial charge in [0.25, 0.3) is 0 Å². The van der Waals surface area contributed by atoms with Crippen LogP contribution in [0.15, 0.2) is 0 Å². The Hall–Kier alpha value is -0.770. The Balaban J connectivity index is 2.04. The normalized spacial score (nSPS) is 23.0. The lowest BCUT2D eigenvalue weighted by molar-refractivity contribution is 0.0123. The Bertz CT molecular complexity index is 337. The van der Waals surface area contributed by atoms with E-state index < -0.39 is 5.60 Å². The largest absolute Gasteiger partial charge is 0.444 e. The SMILES string of the molecule is CC(C)(C)OC(=O)N(CC1(N)CC1)C1CCCCCC1. The van der Waals surface area contributed by atoms with Crippen LogP contribution in [0.3, 0.4) is 0 Å². The van der Waals surface area contributed by atoms with E-state index in [2.05, 4.69) is 0 Å². The van der Waals surface area contributed by atoms with Gasteiger partial charge in [0.2, 0.25) is 0 Å². The molecular weight excluding hydrogens is 252 g/mol. The van der Waals surface area contributed by atoms with Crippen molar-refractivity contribution >= 4 is 6.09 Å². The number of hydrogen-bond acceptors (Lipinski definition) is 3. The van der Waals surface area contributed by atoms with E-state index in [-0.39, 0.29) is 11.6 Å². The van der Waals surface area contributed by atoms with Crippen molar-refractivity contribution in [1.82, 2.24) is 4.90 Å². The van der Waals surface area contributed by atoms with E-state index in [1.807, 2.05) is 25.7 Å². The summed E-state index contributed by atoms with van der Waals surface area (Å²) in [5.74, 6) is 0. The van der Waals surface area contributed by atoms with Crippen molar-refractivity contribution in [1.29, 1.82) is 0 Å². The van der Waals surface area contributed by atoms with Gasteiger partial charge in [-0.25, -0.2) is 4.79 Å². The maximum atomic E-state index is 12.5. The summed E-state index contributed by atoms with van der Waals surface area (Å²) in [7, 11) is 0. The zero-order chi connectivity index (χ0) is 14.8. The van der Waals surface area contributed by atoms with Gasteiger partial charge in [0, 0.05) is 18.1 Å². The highest BCUT2D eigenvalue weighted by molar-refractivity contribution is 5.68. The van der Waals surface area contributed by atoms with Gasteiger partial charge < -0.3 is 15.4 Å². The third-order valence-corrected chi connectivity index (χ3v) is 4.27. The first-order valence-electron chi connectivity index (χ1n) is 8.08. The second-order valence-corrected chi connectivity index (χ2v) is 7.62. The van der Waals surface area contributed by atoms with Gasteiger partial charge in [0.15, 0.2) is 0 Å². The van der Waals surface area contributed by atoms with E-state index >= 15 is 0 Å². The van der Waals surface area contributed by atoms with Crippen LogP contribution >= 0.6 is 0 Å². The van der Waals surface area contributed by atoms with E-state index in [4.69, 9.17) is 10.5 Å². The molecular formula is C16H30N2O2. The number of hydrogen-bond donors (Lipinski definition) is 1. The summed E-state index contributed by atoms with van der Waals surface area (Å²) in [4.78, 5) is 14.5. The van der Waals surface area contributed by atoms with Crippen LogP contribution in [0.2, 0.25) is 0 Å². The first-order valence-corrected chi connectivity index (χ1v) is 8.08. The van der Waals surface area contributed by atoms with Gasteiger partial charge in [-0.05, 0) is 46.5 Å². The summed E-state index contributed by atoms with van der Waals surface area (Å²) in [6.45, 7) is 6.43. The molecule has 0 aromatic carbocycles. The second-order valence-electron chi connectivity index (χ2n) is 7.62. The smallest absolute Gasteiger partial charge is 0.410 e. The third-order valence-electron chi connectivity index (χ3n) is 4.27. The molecule has 0 heterocycles. The van der Waals surface area contributed by atoms with Crippen LogP contribution < -0.4 is 5.73 Å². The Labute approximate surface area is 123 Å². The highest BCUT2D eigenvalue weighted by atomic mass is 16.6. The minimum Gasteiger partial charge on any atom is -0.444 e. The molecule has 4 nitrogen and oxygen atoms in total. The Morgan fingerprint density at radius 1 is 1.20 bits per heavy atom. The number of carbonyl (C=O) groups excluding carboxylic acids is 1. The topological polar surface area (TPSA) is 55.6 Å². The first kappa shape index (κ1) is 15.6.